The highest BCUT2D eigenvalue weighted by atomic mass is 80.0. The second-order valence-corrected chi connectivity index (χ2v) is 11.2. The van der Waals surface area contributed by atoms with E-state index in [-0.39, 0.29) is 0 Å². The van der Waals surface area contributed by atoms with Gasteiger partial charge in [-0.1, -0.05) is 82.6 Å². The van der Waals surface area contributed by atoms with E-state index in [0.717, 1.165) is 0 Å². The molecule has 0 saturated heterocycles. The van der Waals surface area contributed by atoms with Gasteiger partial charge < -0.3 is 0 Å². The van der Waals surface area contributed by atoms with Gasteiger partial charge in [-0.25, -0.2) is 0 Å². The molecule has 0 unspecified atom stereocenters. The van der Waals surface area contributed by atoms with Gasteiger partial charge in [-0.2, -0.15) is 17.6 Å². The molecule has 0 fully saturated rings. The average Bonchev–Trinajstić information content (AvgIpc) is 1.81. The van der Waals surface area contributed by atoms with Gasteiger partial charge in [-0.15, -0.1) is 0 Å². The van der Waals surface area contributed by atoms with Crippen LogP contribution in [0.5, 0.6) is 0 Å². The fraction of sp³-hybridized carbons (Fsp3) is 1.00. The minimum atomic E-state index is -4.86. The zero-order valence-corrected chi connectivity index (χ0v) is 12.8. The molecule has 0 heterocycles. The van der Waals surface area contributed by atoms with E-state index in [0.29, 0.717) is 0 Å². The third-order valence-electron chi connectivity index (χ3n) is 1.11. The lowest BCUT2D eigenvalue weighted by Gasteiger charge is -2.35. The third-order valence-corrected chi connectivity index (χ3v) is 3.31. The topological polar surface area (TPSA) is 0 Å². The maximum atomic E-state index is 13.1. The van der Waals surface area contributed by atoms with Crippen molar-refractivity contribution in [2.75, 3.05) is 0 Å². The van der Waals surface area contributed by atoms with Crippen LogP contribution in [0.15, 0.2) is 0 Å². The highest BCUT2D eigenvalue weighted by molar-refractivity contribution is 9.39. The Morgan fingerprint density at radius 2 is 1.00 bits per heavy atom. The molecule has 14 heavy (non-hydrogen) atoms. The summed E-state index contributed by atoms with van der Waals surface area (Å²) in [6.45, 7) is 0. The molecule has 0 radical (unpaired) electrons. The molecule has 0 aromatic carbocycles. The Bertz CT molecular complexity index is 197. The molecular formula is C4Br3Cl3F4. The molecule has 0 nitrogen and oxygen atoms in total. The minimum Gasteiger partial charge on any atom is -0.196 e. The summed E-state index contributed by atoms with van der Waals surface area (Å²) in [6.07, 6.45) is 0. The predicted molar refractivity (Wildman–Crippen MR) is 59.7 cm³/mol. The van der Waals surface area contributed by atoms with E-state index in [9.17, 15) is 17.6 Å². The minimum absolute atomic E-state index is 2.26. The van der Waals surface area contributed by atoms with Gasteiger partial charge >= 0.3 is 11.8 Å². The summed E-state index contributed by atoms with van der Waals surface area (Å²) in [4.78, 5) is 0. The highest BCUT2D eigenvalue weighted by Crippen LogP contribution is 2.60. The summed E-state index contributed by atoms with van der Waals surface area (Å²) in [5.41, 5.74) is 0. The second-order valence-electron chi connectivity index (χ2n) is 2.14. The molecule has 0 aromatic heterocycles. The van der Waals surface area contributed by atoms with Gasteiger partial charge in [0.2, 0.25) is 2.14 Å². The van der Waals surface area contributed by atoms with Crippen LogP contribution < -0.4 is 0 Å². The first kappa shape index (κ1) is 16.0. The van der Waals surface area contributed by atoms with E-state index < -0.39 is 17.8 Å². The summed E-state index contributed by atoms with van der Waals surface area (Å²) in [5, 5.41) is 0. The van der Waals surface area contributed by atoms with E-state index in [4.69, 9.17) is 34.8 Å². The van der Waals surface area contributed by atoms with Crippen molar-refractivity contribution in [3.63, 3.8) is 0 Å². The molecule has 0 atom stereocenters. The quantitative estimate of drug-likeness (QED) is 0.353. The van der Waals surface area contributed by atoms with E-state index in [1.165, 1.54) is 0 Å². The molecule has 0 amide bonds. The highest BCUT2D eigenvalue weighted by Gasteiger charge is 2.74. The predicted octanol–water partition coefficient (Wildman–Crippen LogP) is 5.47. The van der Waals surface area contributed by atoms with Crippen molar-refractivity contribution in [3.05, 3.63) is 0 Å². The molecule has 0 aromatic rings. The molecule has 0 rings (SSSR count). The molecule has 0 aliphatic carbocycles. The molecule has 0 bridgehead atoms. The Kier molecular flexibility index (Phi) is 5.00. The number of hydrogen-bond acceptors (Lipinski definition) is 0. The van der Waals surface area contributed by atoms with E-state index in [1.54, 1.807) is 0 Å². The maximum absolute atomic E-state index is 13.1. The van der Waals surface area contributed by atoms with Crippen molar-refractivity contribution in [2.24, 2.45) is 0 Å². The van der Waals surface area contributed by atoms with Gasteiger partial charge in [-0.3, -0.25) is 0 Å². The number of hydrogen-bond donors (Lipinski definition) is 0. The summed E-state index contributed by atoms with van der Waals surface area (Å²) in [5.74, 6) is -9.52. The molecule has 10 heteroatoms. The van der Waals surface area contributed by atoms with Gasteiger partial charge in [0.05, 0.1) is 0 Å². The van der Waals surface area contributed by atoms with E-state index in [2.05, 4.69) is 47.8 Å². The van der Waals surface area contributed by atoms with Gasteiger partial charge in [0.25, 0.3) is 3.79 Å². The van der Waals surface area contributed by atoms with E-state index >= 15 is 0 Å². The normalized spacial score (nSPS) is 15.9. The Morgan fingerprint density at radius 3 is 1.07 bits per heavy atom. The van der Waals surface area contributed by atoms with Crippen molar-refractivity contribution in [2.45, 2.75) is 17.8 Å². The smallest absolute Gasteiger partial charge is 0.196 e. The van der Waals surface area contributed by atoms with Gasteiger partial charge in [-0.05, 0) is 0 Å². The van der Waals surface area contributed by atoms with Crippen LogP contribution in [0.4, 0.5) is 17.6 Å². The Balaban J connectivity index is 5.30. The van der Waals surface area contributed by atoms with Crippen LogP contribution in [0.1, 0.15) is 0 Å². The number of alkyl halides is 10. The zero-order chi connectivity index (χ0) is 12.0. The van der Waals surface area contributed by atoms with Gasteiger partial charge in [0, 0.05) is 0 Å². The fourth-order valence-corrected chi connectivity index (χ4v) is 1.46. The lowest BCUT2D eigenvalue weighted by Crippen LogP contribution is -2.56. The van der Waals surface area contributed by atoms with Crippen molar-refractivity contribution in [1.82, 2.24) is 0 Å². The SMILES string of the molecule is FC(F)(C(Cl)(Cl)Cl)C(F)(F)C(Br)(Br)Br. The van der Waals surface area contributed by atoms with Gasteiger partial charge in [0.1, 0.15) is 0 Å². The van der Waals surface area contributed by atoms with Crippen LogP contribution >= 0.6 is 82.6 Å². The lowest BCUT2D eigenvalue weighted by atomic mass is 10.2. The van der Waals surface area contributed by atoms with Crippen LogP contribution in [0, 0.1) is 0 Å². The molecule has 0 saturated carbocycles. The van der Waals surface area contributed by atoms with Crippen molar-refractivity contribution in [3.8, 4) is 0 Å². The second kappa shape index (κ2) is 4.37. The molecule has 0 aliphatic heterocycles. The van der Waals surface area contributed by atoms with E-state index in [1.807, 2.05) is 0 Å². The van der Waals surface area contributed by atoms with Crippen molar-refractivity contribution >= 4 is 82.6 Å². The van der Waals surface area contributed by atoms with Crippen molar-refractivity contribution in [1.29, 1.82) is 0 Å². The molecule has 0 spiro atoms. The van der Waals surface area contributed by atoms with Crippen molar-refractivity contribution < 1.29 is 17.6 Å². The zero-order valence-electron chi connectivity index (χ0n) is 5.78. The van der Waals surface area contributed by atoms with Gasteiger partial charge in [0.15, 0.2) is 0 Å². The molecule has 86 valence electrons. The molecular weight excluding hydrogens is 470 g/mol. The molecule has 0 aliphatic rings. The van der Waals surface area contributed by atoms with Crippen LogP contribution in [0.2, 0.25) is 0 Å². The van der Waals surface area contributed by atoms with Crippen LogP contribution in [0.25, 0.3) is 0 Å². The Morgan fingerprint density at radius 1 is 0.714 bits per heavy atom. The lowest BCUT2D eigenvalue weighted by molar-refractivity contribution is -0.197. The summed E-state index contributed by atoms with van der Waals surface area (Å²) in [6, 6.07) is 0. The first-order valence-electron chi connectivity index (χ1n) is 2.64. The van der Waals surface area contributed by atoms with Crippen LogP contribution in [0.3, 0.4) is 0 Å². The number of rotatable bonds is 1. The third kappa shape index (κ3) is 2.83. The fourth-order valence-electron chi connectivity index (χ4n) is 0.356. The maximum Gasteiger partial charge on any atom is 0.359 e. The first-order valence-corrected chi connectivity index (χ1v) is 6.15. The summed E-state index contributed by atoms with van der Waals surface area (Å²) >= 11 is 21.0. The largest absolute Gasteiger partial charge is 0.359 e. The Hall–Kier alpha value is 2.03. The van der Waals surface area contributed by atoms with Crippen LogP contribution in [-0.4, -0.2) is 17.8 Å². The Labute approximate surface area is 117 Å². The molecule has 0 N–H and O–H groups in total. The summed E-state index contributed by atoms with van der Waals surface area (Å²) in [7, 11) is 0. The summed E-state index contributed by atoms with van der Waals surface area (Å²) < 4.78 is 46.1. The number of halogens is 10. The van der Waals surface area contributed by atoms with Crippen LogP contribution in [-0.2, 0) is 0 Å². The standard InChI is InChI=1S/C4Br3Cl3F4/c5-3(6,7)1(11,12)2(13,14)4(8,9)10. The monoisotopic (exact) mass is 466 g/mol. The first-order chi connectivity index (χ1) is 5.75. The average molecular weight is 470 g/mol.